The fourth-order valence-corrected chi connectivity index (χ4v) is 4.20. The molecule has 2 atom stereocenters. The number of carbonyl (C=O) groups is 1. The van der Waals surface area contributed by atoms with Crippen LogP contribution in [0.3, 0.4) is 0 Å². The molecule has 0 aromatic heterocycles. The monoisotopic (exact) mass is 462 g/mol. The molecule has 3 nitrogen and oxygen atoms in total. The summed E-state index contributed by atoms with van der Waals surface area (Å²) in [6.45, 7) is 5.79. The Bertz CT molecular complexity index is 921. The average molecular weight is 463 g/mol. The van der Waals surface area contributed by atoms with Crippen LogP contribution in [0.5, 0.6) is 5.75 Å². The molecule has 1 aliphatic carbocycles. The minimum atomic E-state index is -1.57. The molecule has 1 saturated carbocycles. The van der Waals surface area contributed by atoms with E-state index < -0.39 is 23.8 Å². The van der Waals surface area contributed by atoms with Gasteiger partial charge in [-0.05, 0) is 67.2 Å². The molecule has 3 rings (SSSR count). The highest BCUT2D eigenvalue weighted by Crippen LogP contribution is 2.36. The molecule has 1 aliphatic rings. The quantitative estimate of drug-likeness (QED) is 0.365. The Morgan fingerprint density at radius 2 is 1.67 bits per heavy atom. The van der Waals surface area contributed by atoms with Crippen molar-refractivity contribution in [3.63, 3.8) is 0 Å². The van der Waals surface area contributed by atoms with Crippen LogP contribution >= 0.6 is 0 Å². The smallest absolute Gasteiger partial charge is 0.341 e. The van der Waals surface area contributed by atoms with Crippen molar-refractivity contribution in [2.75, 3.05) is 6.61 Å². The molecule has 6 heteroatoms. The van der Waals surface area contributed by atoms with Crippen molar-refractivity contribution in [1.29, 1.82) is 0 Å². The number of benzene rings is 2. The molecule has 0 unspecified atom stereocenters. The molecule has 1 fully saturated rings. The lowest BCUT2D eigenvalue weighted by Crippen LogP contribution is -2.31. The van der Waals surface area contributed by atoms with Crippen LogP contribution in [0.1, 0.15) is 70.8 Å². The average Bonchev–Trinajstić information content (AvgIpc) is 2.84. The Hall–Kier alpha value is -2.50. The van der Waals surface area contributed by atoms with Crippen molar-refractivity contribution in [3.05, 3.63) is 53.6 Å². The molecule has 0 aliphatic heterocycles. The fraction of sp³-hybridized carbons (Fsp3) is 0.519. The Morgan fingerprint density at radius 1 is 1.00 bits per heavy atom. The van der Waals surface area contributed by atoms with E-state index in [9.17, 15) is 18.0 Å². The highest BCUT2D eigenvalue weighted by Gasteiger charge is 2.30. The van der Waals surface area contributed by atoms with Gasteiger partial charge in [-0.2, -0.15) is 4.39 Å². The molecule has 0 radical (unpaired) electrons. The van der Waals surface area contributed by atoms with Crippen molar-refractivity contribution in [2.45, 2.75) is 77.5 Å². The Morgan fingerprint density at radius 3 is 2.27 bits per heavy atom. The summed E-state index contributed by atoms with van der Waals surface area (Å²) in [6, 6.07) is 10.5. The Balaban J connectivity index is 1.59. The maximum absolute atomic E-state index is 14.6. The molecule has 0 spiro atoms. The number of halogens is 3. The van der Waals surface area contributed by atoms with Gasteiger partial charge in [-0.1, -0.05) is 51.5 Å². The lowest BCUT2D eigenvalue weighted by molar-refractivity contribution is -0.158. The number of ether oxygens (including phenoxy) is 2. The van der Waals surface area contributed by atoms with Crippen molar-refractivity contribution >= 4 is 5.97 Å². The molecule has 0 saturated heterocycles. The standard InChI is InChI=1S/C27H33F3O3/c1-4-16-32-23-15-14-22(25(29)26(23)30)20-8-6-18(7-9-20)19-10-12-21(13-11-19)33-27(31)24(28)17(3)5-2/h6-9,14-15,17,19,21,24H,4-5,10-13,16H2,1-3H3/t17-,19?,21?,24-/m0/s1. The summed E-state index contributed by atoms with van der Waals surface area (Å²) in [6.07, 6.45) is 2.50. The zero-order valence-corrected chi connectivity index (χ0v) is 19.6. The van der Waals surface area contributed by atoms with Gasteiger partial charge in [0.25, 0.3) is 0 Å². The topological polar surface area (TPSA) is 35.5 Å². The summed E-state index contributed by atoms with van der Waals surface area (Å²) in [5.41, 5.74) is 1.90. The van der Waals surface area contributed by atoms with Crippen LogP contribution in [-0.2, 0) is 9.53 Å². The van der Waals surface area contributed by atoms with Crippen LogP contribution in [0.2, 0.25) is 0 Å². The van der Waals surface area contributed by atoms with E-state index in [1.54, 1.807) is 19.1 Å². The van der Waals surface area contributed by atoms with E-state index in [4.69, 9.17) is 9.47 Å². The molecular formula is C27H33F3O3. The Kier molecular flexibility index (Phi) is 8.81. The highest BCUT2D eigenvalue weighted by atomic mass is 19.2. The van der Waals surface area contributed by atoms with Crippen LogP contribution in [0.15, 0.2) is 36.4 Å². The number of rotatable bonds is 9. The zero-order chi connectivity index (χ0) is 24.0. The first-order valence-electron chi connectivity index (χ1n) is 11.9. The summed E-state index contributed by atoms with van der Waals surface area (Å²) in [4.78, 5) is 12.0. The first-order chi connectivity index (χ1) is 15.8. The largest absolute Gasteiger partial charge is 0.490 e. The van der Waals surface area contributed by atoms with Gasteiger partial charge in [-0.25, -0.2) is 13.6 Å². The summed E-state index contributed by atoms with van der Waals surface area (Å²) >= 11 is 0. The molecule has 2 aromatic rings. The van der Waals surface area contributed by atoms with Crippen LogP contribution in [-0.4, -0.2) is 24.9 Å². The first kappa shape index (κ1) is 25.1. The lowest BCUT2D eigenvalue weighted by Gasteiger charge is -2.29. The second-order valence-electron chi connectivity index (χ2n) is 8.91. The molecule has 0 heterocycles. The Labute approximate surface area is 194 Å². The number of hydrogen-bond donors (Lipinski definition) is 0. The van der Waals surface area contributed by atoms with Crippen LogP contribution in [0, 0.1) is 17.6 Å². The van der Waals surface area contributed by atoms with Crippen LogP contribution in [0.25, 0.3) is 11.1 Å². The van der Waals surface area contributed by atoms with Gasteiger partial charge in [-0.3, -0.25) is 0 Å². The van der Waals surface area contributed by atoms with E-state index >= 15 is 0 Å². The van der Waals surface area contributed by atoms with Crippen molar-refractivity contribution < 1.29 is 27.4 Å². The van der Waals surface area contributed by atoms with Gasteiger partial charge in [0, 0.05) is 5.56 Å². The lowest BCUT2D eigenvalue weighted by atomic mass is 9.82. The second kappa shape index (κ2) is 11.6. The third-order valence-electron chi connectivity index (χ3n) is 6.53. The van der Waals surface area contributed by atoms with Gasteiger partial charge in [-0.15, -0.1) is 0 Å². The van der Waals surface area contributed by atoms with E-state index in [0.717, 1.165) is 18.4 Å². The zero-order valence-electron chi connectivity index (χ0n) is 19.6. The predicted molar refractivity (Wildman–Crippen MR) is 123 cm³/mol. The second-order valence-corrected chi connectivity index (χ2v) is 8.91. The van der Waals surface area contributed by atoms with Crippen LogP contribution in [0.4, 0.5) is 13.2 Å². The molecule has 2 aromatic carbocycles. The van der Waals surface area contributed by atoms with Crippen molar-refractivity contribution in [3.8, 4) is 16.9 Å². The van der Waals surface area contributed by atoms with E-state index in [2.05, 4.69) is 0 Å². The minimum Gasteiger partial charge on any atom is -0.490 e. The fourth-order valence-electron chi connectivity index (χ4n) is 4.20. The van der Waals surface area contributed by atoms with Gasteiger partial charge in [0.15, 0.2) is 17.7 Å². The maximum Gasteiger partial charge on any atom is 0.341 e. The van der Waals surface area contributed by atoms with Crippen LogP contribution < -0.4 is 4.74 Å². The SMILES string of the molecule is CCCOc1ccc(-c2ccc(C3CCC(OC(=O)[C@@H](F)[C@@H](C)CC)CC3)cc2)c(F)c1F. The van der Waals surface area contributed by atoms with E-state index in [1.165, 1.54) is 12.1 Å². The number of alkyl halides is 1. The van der Waals surface area contributed by atoms with Gasteiger partial charge in [0.1, 0.15) is 6.10 Å². The van der Waals surface area contributed by atoms with E-state index in [1.807, 2.05) is 26.0 Å². The molecular weight excluding hydrogens is 429 g/mol. The minimum absolute atomic E-state index is 0.0737. The third-order valence-corrected chi connectivity index (χ3v) is 6.53. The summed E-state index contributed by atoms with van der Waals surface area (Å²) in [5, 5.41) is 0. The first-order valence-corrected chi connectivity index (χ1v) is 11.9. The van der Waals surface area contributed by atoms with Crippen molar-refractivity contribution in [2.24, 2.45) is 5.92 Å². The normalized spacial score (nSPS) is 20.2. The molecule has 0 N–H and O–H groups in total. The molecule has 0 bridgehead atoms. The third kappa shape index (κ3) is 6.10. The van der Waals surface area contributed by atoms with E-state index in [-0.39, 0.29) is 29.3 Å². The summed E-state index contributed by atoms with van der Waals surface area (Å²) < 4.78 is 53.6. The van der Waals surface area contributed by atoms with Gasteiger partial charge >= 0.3 is 5.97 Å². The van der Waals surface area contributed by atoms with E-state index in [0.29, 0.717) is 37.9 Å². The van der Waals surface area contributed by atoms with Gasteiger partial charge in [0.05, 0.1) is 6.61 Å². The number of hydrogen-bond acceptors (Lipinski definition) is 3. The summed E-state index contributed by atoms with van der Waals surface area (Å²) in [5.74, 6) is -2.77. The van der Waals surface area contributed by atoms with Crippen molar-refractivity contribution in [1.82, 2.24) is 0 Å². The predicted octanol–water partition coefficient (Wildman–Crippen LogP) is 7.37. The molecule has 33 heavy (non-hydrogen) atoms. The number of esters is 1. The highest BCUT2D eigenvalue weighted by molar-refractivity contribution is 5.75. The molecule has 180 valence electrons. The summed E-state index contributed by atoms with van der Waals surface area (Å²) in [7, 11) is 0. The number of carbonyl (C=O) groups excluding carboxylic acids is 1. The van der Waals surface area contributed by atoms with Gasteiger partial charge < -0.3 is 9.47 Å². The molecule has 0 amide bonds. The van der Waals surface area contributed by atoms with Gasteiger partial charge in [0.2, 0.25) is 5.82 Å². The maximum atomic E-state index is 14.6.